The van der Waals surface area contributed by atoms with E-state index >= 15 is 0 Å². The second-order valence-electron chi connectivity index (χ2n) is 7.77. The summed E-state index contributed by atoms with van der Waals surface area (Å²) >= 11 is 0. The molecule has 8 heteroatoms. The molecular weight excluding hydrogens is 400 g/mol. The van der Waals surface area contributed by atoms with Gasteiger partial charge >= 0.3 is 0 Å². The molecule has 2 aliphatic rings. The predicted molar refractivity (Wildman–Crippen MR) is 113 cm³/mol. The Labute approximate surface area is 175 Å². The lowest BCUT2D eigenvalue weighted by Gasteiger charge is -2.17. The molecule has 2 aromatic carbocycles. The van der Waals surface area contributed by atoms with Crippen LogP contribution in [-0.4, -0.2) is 30.4 Å². The first-order valence-electron chi connectivity index (χ1n) is 10.0. The minimum absolute atomic E-state index is 0.154. The number of benzene rings is 2. The summed E-state index contributed by atoms with van der Waals surface area (Å²) < 4.78 is 30.1. The maximum Gasteiger partial charge on any atom is 0.240 e. The van der Waals surface area contributed by atoms with Crippen LogP contribution < -0.4 is 9.62 Å². The van der Waals surface area contributed by atoms with Gasteiger partial charge in [0, 0.05) is 42.8 Å². The van der Waals surface area contributed by atoms with Gasteiger partial charge in [0.1, 0.15) is 0 Å². The first-order valence-corrected chi connectivity index (χ1v) is 11.5. The molecule has 1 aromatic heterocycles. The highest BCUT2D eigenvalue weighted by molar-refractivity contribution is 7.89. The van der Waals surface area contributed by atoms with Crippen molar-refractivity contribution in [3.63, 3.8) is 0 Å². The topological polar surface area (TPSA) is 84.3 Å². The fourth-order valence-corrected chi connectivity index (χ4v) is 4.85. The molecule has 1 N–H and O–H groups in total. The maximum atomic E-state index is 12.8. The summed E-state index contributed by atoms with van der Waals surface area (Å²) in [6.07, 6.45) is 7.89. The van der Waals surface area contributed by atoms with E-state index in [-0.39, 0.29) is 23.3 Å². The largest absolute Gasteiger partial charge is 0.312 e. The van der Waals surface area contributed by atoms with Crippen LogP contribution in [0.15, 0.2) is 66.1 Å². The van der Waals surface area contributed by atoms with Crippen LogP contribution in [-0.2, 0) is 27.8 Å². The van der Waals surface area contributed by atoms with Crippen LogP contribution in [0.1, 0.15) is 24.0 Å². The fraction of sp³-hybridized carbons (Fsp3) is 0.273. The van der Waals surface area contributed by atoms with Crippen LogP contribution >= 0.6 is 0 Å². The average molecular weight is 423 g/mol. The van der Waals surface area contributed by atoms with Crippen LogP contribution in [0.2, 0.25) is 0 Å². The molecular formula is C22H22N4O3S. The van der Waals surface area contributed by atoms with Gasteiger partial charge in [-0.3, -0.25) is 4.79 Å². The minimum atomic E-state index is -3.64. The molecule has 7 nitrogen and oxygen atoms in total. The first kappa shape index (κ1) is 19.0. The van der Waals surface area contributed by atoms with E-state index in [0.717, 1.165) is 35.3 Å². The van der Waals surface area contributed by atoms with Crippen molar-refractivity contribution < 1.29 is 13.2 Å². The van der Waals surface area contributed by atoms with Gasteiger partial charge in [0.25, 0.3) is 0 Å². The molecule has 0 atom stereocenters. The van der Waals surface area contributed by atoms with E-state index in [1.165, 1.54) is 0 Å². The molecule has 1 aliphatic heterocycles. The third-order valence-corrected chi connectivity index (χ3v) is 7.05. The Hall–Kier alpha value is -2.97. The number of carbonyl (C=O) groups is 1. The number of anilines is 1. The summed E-state index contributed by atoms with van der Waals surface area (Å²) in [5, 5.41) is 0. The molecule has 5 rings (SSSR count). The summed E-state index contributed by atoms with van der Waals surface area (Å²) in [6, 6.07) is 12.7. The normalized spacial score (nSPS) is 15.9. The van der Waals surface area contributed by atoms with E-state index in [0.29, 0.717) is 13.0 Å². The highest BCUT2D eigenvalue weighted by atomic mass is 32.2. The lowest BCUT2D eigenvalue weighted by Crippen LogP contribution is -2.30. The molecule has 30 heavy (non-hydrogen) atoms. The van der Waals surface area contributed by atoms with E-state index in [9.17, 15) is 13.2 Å². The van der Waals surface area contributed by atoms with Gasteiger partial charge < -0.3 is 9.47 Å². The number of nitrogens with zero attached hydrogens (tertiary/aromatic N) is 3. The number of carbonyl (C=O) groups excluding carboxylic acids is 1. The van der Waals surface area contributed by atoms with Crippen molar-refractivity contribution in [1.82, 2.24) is 14.3 Å². The molecule has 0 unspecified atom stereocenters. The minimum Gasteiger partial charge on any atom is -0.312 e. The quantitative estimate of drug-likeness (QED) is 0.662. The number of imidazole rings is 1. The summed E-state index contributed by atoms with van der Waals surface area (Å²) in [7, 11) is -3.64. The molecule has 0 saturated heterocycles. The van der Waals surface area contributed by atoms with Gasteiger partial charge in [0.15, 0.2) is 0 Å². The highest BCUT2D eigenvalue weighted by Crippen LogP contribution is 2.37. The first-order chi connectivity index (χ1) is 14.5. The van der Waals surface area contributed by atoms with Crippen LogP contribution in [0.25, 0.3) is 5.69 Å². The Kier molecular flexibility index (Phi) is 4.67. The SMILES string of the molecule is O=C(C1CC1)N1CCc2cc(S(=O)(=O)NCc3ccc(-n4ccnc4)cc3)ccc21. The Morgan fingerprint density at radius 1 is 1.13 bits per heavy atom. The van der Waals surface area contributed by atoms with E-state index < -0.39 is 10.0 Å². The van der Waals surface area contributed by atoms with Crippen LogP contribution in [0.3, 0.4) is 0 Å². The summed E-state index contributed by atoms with van der Waals surface area (Å²) in [6.45, 7) is 0.834. The summed E-state index contributed by atoms with van der Waals surface area (Å²) in [4.78, 5) is 18.5. The van der Waals surface area contributed by atoms with Gasteiger partial charge in [0.05, 0.1) is 11.2 Å². The molecule has 1 amide bonds. The zero-order valence-electron chi connectivity index (χ0n) is 16.4. The lowest BCUT2D eigenvalue weighted by molar-refractivity contribution is -0.119. The number of hydrogen-bond donors (Lipinski definition) is 1. The molecule has 1 aliphatic carbocycles. The van der Waals surface area contributed by atoms with Crippen molar-refractivity contribution >= 4 is 21.6 Å². The fourth-order valence-electron chi connectivity index (χ4n) is 3.78. The molecule has 1 saturated carbocycles. The third kappa shape index (κ3) is 3.64. The van der Waals surface area contributed by atoms with Gasteiger partial charge in [0.2, 0.25) is 15.9 Å². The van der Waals surface area contributed by atoms with Crippen molar-refractivity contribution in [2.24, 2.45) is 5.92 Å². The van der Waals surface area contributed by atoms with Crippen LogP contribution in [0.4, 0.5) is 5.69 Å². The van der Waals surface area contributed by atoms with Crippen molar-refractivity contribution in [2.45, 2.75) is 30.7 Å². The van der Waals surface area contributed by atoms with Crippen molar-refractivity contribution in [2.75, 3.05) is 11.4 Å². The summed E-state index contributed by atoms with van der Waals surface area (Å²) in [5.41, 5.74) is 3.59. The number of nitrogens with one attached hydrogen (secondary N) is 1. The Morgan fingerprint density at radius 3 is 2.63 bits per heavy atom. The third-order valence-electron chi connectivity index (χ3n) is 5.65. The van der Waals surface area contributed by atoms with E-state index in [4.69, 9.17) is 0 Å². The summed E-state index contributed by atoms with van der Waals surface area (Å²) in [5.74, 6) is 0.322. The van der Waals surface area contributed by atoms with Crippen LogP contribution in [0.5, 0.6) is 0 Å². The van der Waals surface area contributed by atoms with Gasteiger partial charge in [-0.2, -0.15) is 0 Å². The number of sulfonamides is 1. The second kappa shape index (κ2) is 7.37. The zero-order valence-corrected chi connectivity index (χ0v) is 17.2. The number of rotatable bonds is 6. The Balaban J connectivity index is 1.28. The standard InChI is InChI=1S/C22H22N4O3S/c27-22(17-3-4-17)26-11-9-18-13-20(7-8-21(18)26)30(28,29)24-14-16-1-5-19(6-2-16)25-12-10-23-15-25/h1-2,5-8,10,12-13,15,17,24H,3-4,9,11,14H2. The molecule has 0 bridgehead atoms. The van der Waals surface area contributed by atoms with Gasteiger partial charge in [-0.1, -0.05) is 12.1 Å². The smallest absolute Gasteiger partial charge is 0.240 e. The zero-order chi connectivity index (χ0) is 20.7. The van der Waals surface area contributed by atoms with Gasteiger partial charge in [-0.05, 0) is 60.7 Å². The Morgan fingerprint density at radius 2 is 1.93 bits per heavy atom. The second-order valence-corrected chi connectivity index (χ2v) is 9.53. The lowest BCUT2D eigenvalue weighted by atomic mass is 10.2. The van der Waals surface area contributed by atoms with E-state index in [1.54, 1.807) is 35.6 Å². The monoisotopic (exact) mass is 422 g/mol. The predicted octanol–water partition coefficient (Wildman–Crippen LogP) is 2.65. The van der Waals surface area contributed by atoms with Crippen molar-refractivity contribution in [3.05, 3.63) is 72.3 Å². The van der Waals surface area contributed by atoms with Crippen molar-refractivity contribution in [3.8, 4) is 5.69 Å². The maximum absolute atomic E-state index is 12.8. The van der Waals surface area contributed by atoms with Crippen LogP contribution in [0, 0.1) is 5.92 Å². The number of aromatic nitrogens is 2. The van der Waals surface area contributed by atoms with Crippen molar-refractivity contribution in [1.29, 1.82) is 0 Å². The number of hydrogen-bond acceptors (Lipinski definition) is 4. The number of fused-ring (bicyclic) bond motifs is 1. The average Bonchev–Trinajstić information content (AvgIpc) is 3.30. The molecule has 3 aromatic rings. The van der Waals surface area contributed by atoms with Gasteiger partial charge in [-0.25, -0.2) is 18.1 Å². The number of amides is 1. The van der Waals surface area contributed by atoms with Gasteiger partial charge in [-0.15, -0.1) is 0 Å². The highest BCUT2D eigenvalue weighted by Gasteiger charge is 2.36. The Bertz CT molecular complexity index is 1180. The molecule has 1 fully saturated rings. The molecule has 0 radical (unpaired) electrons. The van der Waals surface area contributed by atoms with E-state index in [2.05, 4.69) is 9.71 Å². The molecule has 2 heterocycles. The van der Waals surface area contributed by atoms with E-state index in [1.807, 2.05) is 35.0 Å². The molecule has 0 spiro atoms. The molecule has 154 valence electrons.